The second-order valence-electron chi connectivity index (χ2n) is 9.17. The monoisotopic (exact) mass is 497 g/mol. The van der Waals surface area contributed by atoms with Crippen LogP contribution in [0.2, 0.25) is 0 Å². The van der Waals surface area contributed by atoms with E-state index in [-0.39, 0.29) is 10.6 Å². The molecule has 0 unspecified atom stereocenters. The van der Waals surface area contributed by atoms with Crippen molar-refractivity contribution in [1.29, 1.82) is 0 Å². The highest BCUT2D eigenvalue weighted by molar-refractivity contribution is 7.92. The van der Waals surface area contributed by atoms with E-state index >= 15 is 0 Å². The zero-order valence-corrected chi connectivity index (χ0v) is 21.6. The lowest BCUT2D eigenvalue weighted by atomic mass is 10.1. The summed E-state index contributed by atoms with van der Waals surface area (Å²) in [4.78, 5) is -0.0851. The summed E-state index contributed by atoms with van der Waals surface area (Å²) in [6, 6.07) is 5.29. The Bertz CT molecular complexity index is 1170. The summed E-state index contributed by atoms with van der Waals surface area (Å²) in [7, 11) is -7.63. The fraction of sp³-hybridized carbons (Fsp3) is 0.522. The van der Waals surface area contributed by atoms with Gasteiger partial charge in [-0.15, -0.1) is 0 Å². The number of aryl methyl sites for hydroxylation is 3. The Labute approximate surface area is 198 Å². The van der Waals surface area contributed by atoms with Crippen molar-refractivity contribution < 1.29 is 26.1 Å². The molecule has 0 radical (unpaired) electrons. The summed E-state index contributed by atoms with van der Waals surface area (Å²) < 4.78 is 60.8. The molecule has 1 fully saturated rings. The van der Waals surface area contributed by atoms with Crippen molar-refractivity contribution in [2.45, 2.75) is 71.1 Å². The van der Waals surface area contributed by atoms with Crippen molar-refractivity contribution in [2.24, 2.45) is 5.92 Å². The molecule has 1 aliphatic rings. The van der Waals surface area contributed by atoms with Crippen molar-refractivity contribution in [3.05, 3.63) is 52.8 Å². The van der Waals surface area contributed by atoms with Crippen LogP contribution in [0.3, 0.4) is 0 Å². The van der Waals surface area contributed by atoms with Crippen LogP contribution in [0.1, 0.15) is 67.7 Å². The Hall–Kier alpha value is -2.17. The number of nitrogens with zero attached hydrogens (tertiary/aromatic N) is 1. The van der Waals surface area contributed by atoms with E-state index in [4.69, 9.17) is 5.84 Å². The summed E-state index contributed by atoms with van der Waals surface area (Å²) >= 11 is 0. The van der Waals surface area contributed by atoms with Crippen molar-refractivity contribution in [3.8, 4) is 0 Å². The van der Waals surface area contributed by atoms with Gasteiger partial charge in [0.25, 0.3) is 0 Å². The van der Waals surface area contributed by atoms with E-state index in [1.54, 1.807) is 38.4 Å². The first-order chi connectivity index (χ1) is 15.2. The van der Waals surface area contributed by atoms with Crippen molar-refractivity contribution in [3.63, 3.8) is 0 Å². The minimum Gasteiger partial charge on any atom is -0.744 e. The standard InChI is InChI=1S/C14H24N3O2S.C9H12O3S/c1-11(2)4-3-9-20(18,19)16-14-10-17(15)8-7-13(14)12-5-6-12;1-6-4-7(2)9(8(3)5-6)13(10,11)12/h7-8,10-12,16H,3-6,9,15H2,1-2H3;4-5H,1-3H3,(H,10,11,12)/q+1;/p-1. The van der Waals surface area contributed by atoms with Crippen LogP contribution in [0.25, 0.3) is 0 Å². The lowest BCUT2D eigenvalue weighted by molar-refractivity contribution is -0.638. The van der Waals surface area contributed by atoms with Gasteiger partial charge in [0, 0.05) is 6.07 Å². The minimum absolute atomic E-state index is 0.0851. The van der Waals surface area contributed by atoms with Gasteiger partial charge in [-0.2, -0.15) is 0 Å². The number of benzene rings is 1. The molecule has 33 heavy (non-hydrogen) atoms. The second-order valence-corrected chi connectivity index (χ2v) is 12.3. The number of nitrogens with one attached hydrogen (secondary N) is 1. The van der Waals surface area contributed by atoms with Gasteiger partial charge in [-0.05, 0) is 75.0 Å². The van der Waals surface area contributed by atoms with E-state index in [1.165, 1.54) is 4.68 Å². The molecular weight excluding hydrogens is 462 g/mol. The van der Waals surface area contributed by atoms with Gasteiger partial charge in [0.2, 0.25) is 16.2 Å². The SMILES string of the molecule is CC(C)CCCS(=O)(=O)Nc1c[n+](N)ccc1C1CC1.Cc1cc(C)c(S(=O)(=O)[O-])c(C)c1. The molecule has 8 nitrogen and oxygen atoms in total. The summed E-state index contributed by atoms with van der Waals surface area (Å²) in [6.45, 7) is 9.32. The first kappa shape index (κ1) is 27.1. The van der Waals surface area contributed by atoms with Crippen molar-refractivity contribution in [2.75, 3.05) is 16.3 Å². The molecule has 0 aliphatic heterocycles. The molecule has 1 heterocycles. The summed E-state index contributed by atoms with van der Waals surface area (Å²) in [5.41, 5.74) is 3.68. The van der Waals surface area contributed by atoms with Crippen LogP contribution in [0.4, 0.5) is 5.69 Å². The maximum Gasteiger partial charge on any atom is 0.232 e. The van der Waals surface area contributed by atoms with Crippen LogP contribution in [-0.4, -0.2) is 27.1 Å². The van der Waals surface area contributed by atoms with Gasteiger partial charge in [0.1, 0.15) is 15.8 Å². The minimum atomic E-state index is -4.33. The molecule has 3 N–H and O–H groups in total. The predicted octanol–water partition coefficient (Wildman–Crippen LogP) is 3.26. The Morgan fingerprint density at radius 3 is 2.18 bits per heavy atom. The molecule has 1 saturated carbocycles. The van der Waals surface area contributed by atoms with E-state index in [1.807, 2.05) is 13.0 Å². The third kappa shape index (κ3) is 8.60. The topological polar surface area (TPSA) is 133 Å². The van der Waals surface area contributed by atoms with E-state index in [0.717, 1.165) is 30.4 Å². The third-order valence-corrected chi connectivity index (χ3v) is 7.85. The Morgan fingerprint density at radius 1 is 1.12 bits per heavy atom. The number of anilines is 1. The first-order valence-corrected chi connectivity index (χ1v) is 14.1. The number of hydrogen-bond donors (Lipinski definition) is 2. The van der Waals surface area contributed by atoms with Crippen LogP contribution in [0.5, 0.6) is 0 Å². The van der Waals surface area contributed by atoms with E-state index in [0.29, 0.717) is 35.1 Å². The largest absolute Gasteiger partial charge is 0.744 e. The van der Waals surface area contributed by atoms with Crippen LogP contribution >= 0.6 is 0 Å². The molecule has 10 heteroatoms. The van der Waals surface area contributed by atoms with E-state index < -0.39 is 20.1 Å². The zero-order valence-electron chi connectivity index (χ0n) is 20.0. The van der Waals surface area contributed by atoms with Gasteiger partial charge < -0.3 is 4.55 Å². The van der Waals surface area contributed by atoms with Crippen LogP contribution in [-0.2, 0) is 20.1 Å². The normalized spacial score (nSPS) is 14.0. The van der Waals surface area contributed by atoms with Gasteiger partial charge in [-0.1, -0.05) is 36.2 Å². The molecule has 1 aliphatic carbocycles. The van der Waals surface area contributed by atoms with Crippen LogP contribution in [0, 0.1) is 26.7 Å². The van der Waals surface area contributed by atoms with Gasteiger partial charge >= 0.3 is 0 Å². The molecule has 1 aromatic carbocycles. The molecule has 2 aromatic rings. The van der Waals surface area contributed by atoms with Crippen LogP contribution < -0.4 is 15.2 Å². The first-order valence-electron chi connectivity index (χ1n) is 11.0. The summed E-state index contributed by atoms with van der Waals surface area (Å²) in [5, 5.41) is 0. The Morgan fingerprint density at radius 2 is 1.70 bits per heavy atom. The molecule has 0 spiro atoms. The highest BCUT2D eigenvalue weighted by Gasteiger charge is 2.29. The Balaban J connectivity index is 0.000000257. The number of rotatable bonds is 8. The quantitative estimate of drug-likeness (QED) is 0.327. The van der Waals surface area contributed by atoms with Gasteiger partial charge in [0.15, 0.2) is 6.20 Å². The number of pyridine rings is 1. The zero-order chi connectivity index (χ0) is 25.0. The second kappa shape index (κ2) is 10.8. The maximum atomic E-state index is 12.1. The van der Waals surface area contributed by atoms with Crippen LogP contribution in [0.15, 0.2) is 35.5 Å². The summed E-state index contributed by atoms with van der Waals surface area (Å²) in [5.74, 6) is 6.85. The number of nitrogens with two attached hydrogens (primary N) is 1. The molecular formula is C23H35N3O5S2. The average Bonchev–Trinajstić information content (AvgIpc) is 3.44. The predicted molar refractivity (Wildman–Crippen MR) is 129 cm³/mol. The highest BCUT2D eigenvalue weighted by Crippen LogP contribution is 2.43. The highest BCUT2D eigenvalue weighted by atomic mass is 32.2. The molecule has 0 amide bonds. The number of hydrogen-bond acceptors (Lipinski definition) is 6. The van der Waals surface area contributed by atoms with Gasteiger partial charge in [-0.3, -0.25) is 4.72 Å². The lowest BCUT2D eigenvalue weighted by Gasteiger charge is -2.14. The Kier molecular flexibility index (Phi) is 8.89. The maximum absolute atomic E-state index is 12.1. The fourth-order valence-corrected chi connectivity index (χ4v) is 5.88. The third-order valence-electron chi connectivity index (χ3n) is 5.35. The van der Waals surface area contributed by atoms with Gasteiger partial charge in [-0.25, -0.2) is 22.7 Å². The van der Waals surface area contributed by atoms with E-state index in [9.17, 15) is 21.4 Å². The molecule has 3 rings (SSSR count). The number of aromatic nitrogens is 1. The number of nitrogen functional groups attached to an aromatic ring is 1. The average molecular weight is 498 g/mol. The molecule has 0 atom stereocenters. The molecule has 184 valence electrons. The van der Waals surface area contributed by atoms with Gasteiger partial charge in [0.05, 0.1) is 10.6 Å². The van der Waals surface area contributed by atoms with E-state index in [2.05, 4.69) is 18.6 Å². The molecule has 0 bridgehead atoms. The molecule has 0 saturated heterocycles. The lowest BCUT2D eigenvalue weighted by Crippen LogP contribution is -2.44. The van der Waals surface area contributed by atoms with Crippen molar-refractivity contribution >= 4 is 25.8 Å². The number of sulfonamides is 1. The van der Waals surface area contributed by atoms with Crippen molar-refractivity contribution in [1.82, 2.24) is 0 Å². The smallest absolute Gasteiger partial charge is 0.232 e. The molecule has 1 aromatic heterocycles. The fourth-order valence-electron chi connectivity index (χ4n) is 3.82. The summed E-state index contributed by atoms with van der Waals surface area (Å²) in [6.07, 6.45) is 7.24.